The molecule has 29 heavy (non-hydrogen) atoms. The average molecular weight is 406 g/mol. The molecule has 2 aromatic carbocycles. The van der Waals surface area contributed by atoms with Crippen molar-refractivity contribution in [1.82, 2.24) is 15.6 Å². The molecule has 0 saturated carbocycles. The highest BCUT2D eigenvalue weighted by molar-refractivity contribution is 7.15. The Kier molecular flexibility index (Phi) is 6.10. The smallest absolute Gasteiger partial charge is 0.191 e. The first-order chi connectivity index (χ1) is 14.2. The second kappa shape index (κ2) is 9.09. The van der Waals surface area contributed by atoms with Crippen molar-refractivity contribution >= 4 is 23.0 Å². The molecule has 1 aliphatic heterocycles. The van der Waals surface area contributed by atoms with Gasteiger partial charge in [-0.3, -0.25) is 4.99 Å². The van der Waals surface area contributed by atoms with Crippen LogP contribution in [0.4, 0.5) is 5.69 Å². The maximum atomic E-state index is 4.74. The number of nitrogens with one attached hydrogen (secondary N) is 2. The highest BCUT2D eigenvalue weighted by Crippen LogP contribution is 2.27. The molecule has 5 nitrogen and oxygen atoms in total. The summed E-state index contributed by atoms with van der Waals surface area (Å²) in [7, 11) is 1.83. The summed E-state index contributed by atoms with van der Waals surface area (Å²) >= 11 is 1.74. The molecular weight excluding hydrogens is 378 g/mol. The molecule has 1 fully saturated rings. The zero-order chi connectivity index (χ0) is 20.1. The van der Waals surface area contributed by atoms with E-state index >= 15 is 0 Å². The van der Waals surface area contributed by atoms with Gasteiger partial charge in [0.2, 0.25) is 0 Å². The molecule has 0 spiro atoms. The van der Waals surface area contributed by atoms with Gasteiger partial charge >= 0.3 is 0 Å². The summed E-state index contributed by atoms with van der Waals surface area (Å²) in [5, 5.41) is 8.11. The van der Waals surface area contributed by atoms with Crippen molar-refractivity contribution in [2.75, 3.05) is 25.0 Å². The van der Waals surface area contributed by atoms with Gasteiger partial charge in [-0.1, -0.05) is 48.5 Å². The van der Waals surface area contributed by atoms with Gasteiger partial charge in [0.1, 0.15) is 5.01 Å². The molecule has 1 atom stereocenters. The molecule has 0 amide bonds. The lowest BCUT2D eigenvalue weighted by Gasteiger charge is -2.20. The molecule has 3 aromatic rings. The Bertz CT molecular complexity index is 952. The standard InChI is InChI=1S/C23H27N5S/c1-17-21(29-22(26-17)18-9-5-3-6-10-18)15-25-23(24-2)27-19-13-14-28(16-19)20-11-7-4-8-12-20/h3-12,19H,13-16H2,1-2H3,(H2,24,25,27). The van der Waals surface area contributed by atoms with Crippen LogP contribution in [0.5, 0.6) is 0 Å². The number of hydrogen-bond donors (Lipinski definition) is 2. The fraction of sp³-hybridized carbons (Fsp3) is 0.304. The lowest BCUT2D eigenvalue weighted by atomic mass is 10.2. The van der Waals surface area contributed by atoms with Crippen LogP contribution in [0.25, 0.3) is 10.6 Å². The first-order valence-electron chi connectivity index (χ1n) is 10.0. The third-order valence-electron chi connectivity index (χ3n) is 5.20. The molecule has 1 unspecified atom stereocenters. The summed E-state index contributed by atoms with van der Waals surface area (Å²) < 4.78 is 0. The van der Waals surface area contributed by atoms with E-state index < -0.39 is 0 Å². The average Bonchev–Trinajstić information content (AvgIpc) is 3.39. The van der Waals surface area contributed by atoms with Crippen molar-refractivity contribution in [2.45, 2.75) is 25.9 Å². The molecule has 4 rings (SSSR count). The third kappa shape index (κ3) is 4.77. The summed E-state index contributed by atoms with van der Waals surface area (Å²) in [4.78, 5) is 12.8. The van der Waals surface area contributed by atoms with E-state index in [0.717, 1.165) is 42.7 Å². The second-order valence-electron chi connectivity index (χ2n) is 7.23. The van der Waals surface area contributed by atoms with E-state index in [1.807, 2.05) is 13.1 Å². The Balaban J connectivity index is 1.33. The number of aliphatic imine (C=N–C) groups is 1. The van der Waals surface area contributed by atoms with Crippen molar-refractivity contribution in [3.8, 4) is 10.6 Å². The van der Waals surface area contributed by atoms with E-state index in [9.17, 15) is 0 Å². The molecule has 2 N–H and O–H groups in total. The zero-order valence-corrected chi connectivity index (χ0v) is 17.7. The Morgan fingerprint density at radius 2 is 1.86 bits per heavy atom. The predicted molar refractivity (Wildman–Crippen MR) is 123 cm³/mol. The van der Waals surface area contributed by atoms with Gasteiger partial charge in [-0.25, -0.2) is 4.98 Å². The van der Waals surface area contributed by atoms with Crippen LogP contribution in [-0.4, -0.2) is 37.1 Å². The number of aromatic nitrogens is 1. The highest BCUT2D eigenvalue weighted by Gasteiger charge is 2.23. The van der Waals surface area contributed by atoms with Crippen molar-refractivity contribution in [2.24, 2.45) is 4.99 Å². The molecular formula is C23H27N5S. The van der Waals surface area contributed by atoms with Gasteiger partial charge in [-0.15, -0.1) is 11.3 Å². The molecule has 6 heteroatoms. The van der Waals surface area contributed by atoms with Crippen LogP contribution in [0.2, 0.25) is 0 Å². The fourth-order valence-corrected chi connectivity index (χ4v) is 4.61. The predicted octanol–water partition coefficient (Wildman–Crippen LogP) is 4.06. The number of thiazole rings is 1. The zero-order valence-electron chi connectivity index (χ0n) is 16.9. The van der Waals surface area contributed by atoms with Gasteiger partial charge in [0, 0.05) is 42.3 Å². The highest BCUT2D eigenvalue weighted by atomic mass is 32.1. The van der Waals surface area contributed by atoms with Gasteiger partial charge in [0.05, 0.1) is 12.2 Å². The number of aryl methyl sites for hydroxylation is 1. The monoisotopic (exact) mass is 405 g/mol. The normalized spacial score (nSPS) is 16.8. The first-order valence-corrected chi connectivity index (χ1v) is 10.8. The molecule has 2 heterocycles. The second-order valence-corrected chi connectivity index (χ2v) is 8.31. The maximum absolute atomic E-state index is 4.74. The van der Waals surface area contributed by atoms with Crippen LogP contribution in [0.3, 0.4) is 0 Å². The van der Waals surface area contributed by atoms with E-state index in [-0.39, 0.29) is 0 Å². The van der Waals surface area contributed by atoms with E-state index in [1.165, 1.54) is 16.1 Å². The number of para-hydroxylation sites is 1. The van der Waals surface area contributed by atoms with Crippen molar-refractivity contribution in [3.05, 3.63) is 71.2 Å². The van der Waals surface area contributed by atoms with Crippen molar-refractivity contribution < 1.29 is 0 Å². The molecule has 1 saturated heterocycles. The van der Waals surface area contributed by atoms with Crippen molar-refractivity contribution in [3.63, 3.8) is 0 Å². The lowest BCUT2D eigenvalue weighted by molar-refractivity contribution is 0.649. The van der Waals surface area contributed by atoms with Crippen LogP contribution in [0, 0.1) is 6.92 Å². The number of rotatable bonds is 5. The Morgan fingerprint density at radius 1 is 1.14 bits per heavy atom. The van der Waals surface area contributed by atoms with Crippen LogP contribution < -0.4 is 15.5 Å². The fourth-order valence-electron chi connectivity index (χ4n) is 3.60. The van der Waals surface area contributed by atoms with Gasteiger partial charge in [0.25, 0.3) is 0 Å². The largest absolute Gasteiger partial charge is 0.369 e. The van der Waals surface area contributed by atoms with Gasteiger partial charge in [0.15, 0.2) is 5.96 Å². The number of hydrogen-bond acceptors (Lipinski definition) is 4. The van der Waals surface area contributed by atoms with E-state index in [1.54, 1.807) is 11.3 Å². The SMILES string of the molecule is CN=C(NCc1sc(-c2ccccc2)nc1C)NC1CCN(c2ccccc2)C1. The van der Waals surface area contributed by atoms with E-state index in [4.69, 9.17) is 4.98 Å². The summed E-state index contributed by atoms with van der Waals surface area (Å²) in [6, 6.07) is 21.3. The summed E-state index contributed by atoms with van der Waals surface area (Å²) in [6.07, 6.45) is 1.10. The quantitative estimate of drug-likeness (QED) is 0.496. The lowest BCUT2D eigenvalue weighted by Crippen LogP contribution is -2.44. The van der Waals surface area contributed by atoms with Gasteiger partial charge < -0.3 is 15.5 Å². The van der Waals surface area contributed by atoms with Crippen LogP contribution in [0.1, 0.15) is 17.0 Å². The summed E-state index contributed by atoms with van der Waals surface area (Å²) in [6.45, 7) is 4.85. The minimum Gasteiger partial charge on any atom is -0.369 e. The summed E-state index contributed by atoms with van der Waals surface area (Å²) in [5.41, 5.74) is 3.53. The van der Waals surface area contributed by atoms with E-state index in [2.05, 4.69) is 82.0 Å². The third-order valence-corrected chi connectivity index (χ3v) is 6.41. The molecule has 0 aliphatic carbocycles. The topological polar surface area (TPSA) is 52.6 Å². The Hall–Kier alpha value is -2.86. The maximum Gasteiger partial charge on any atom is 0.191 e. The van der Waals surface area contributed by atoms with Crippen LogP contribution in [0.15, 0.2) is 65.7 Å². The number of guanidine groups is 1. The van der Waals surface area contributed by atoms with Gasteiger partial charge in [-0.05, 0) is 25.5 Å². The molecule has 0 radical (unpaired) electrons. The number of anilines is 1. The van der Waals surface area contributed by atoms with Crippen LogP contribution >= 0.6 is 11.3 Å². The number of nitrogens with zero attached hydrogens (tertiary/aromatic N) is 3. The van der Waals surface area contributed by atoms with Crippen molar-refractivity contribution in [1.29, 1.82) is 0 Å². The number of benzene rings is 2. The minimum atomic E-state index is 0.392. The molecule has 0 bridgehead atoms. The Labute approximate surface area is 176 Å². The summed E-state index contributed by atoms with van der Waals surface area (Å²) in [5.74, 6) is 0.846. The minimum absolute atomic E-state index is 0.392. The molecule has 1 aliphatic rings. The molecule has 150 valence electrons. The Morgan fingerprint density at radius 3 is 2.59 bits per heavy atom. The first kappa shape index (κ1) is 19.5. The van der Waals surface area contributed by atoms with Crippen LogP contribution in [-0.2, 0) is 6.54 Å². The van der Waals surface area contributed by atoms with E-state index in [0.29, 0.717) is 6.04 Å². The molecule has 1 aromatic heterocycles. The van der Waals surface area contributed by atoms with Gasteiger partial charge in [-0.2, -0.15) is 0 Å².